The SMILES string of the molecule is Oc1ccccc1/C=N/n1c(-c2cccnc2)n[nH]c1=S. The molecule has 3 rings (SSSR count). The molecule has 0 atom stereocenters. The highest BCUT2D eigenvalue weighted by atomic mass is 32.1. The quantitative estimate of drug-likeness (QED) is 0.575. The summed E-state index contributed by atoms with van der Waals surface area (Å²) in [7, 11) is 0. The van der Waals surface area contributed by atoms with Crippen LogP contribution in [0.2, 0.25) is 0 Å². The lowest BCUT2D eigenvalue weighted by atomic mass is 10.2. The number of rotatable bonds is 3. The van der Waals surface area contributed by atoms with Gasteiger partial charge in [-0.1, -0.05) is 12.1 Å². The molecule has 0 spiro atoms. The van der Waals surface area contributed by atoms with E-state index in [1.54, 1.807) is 30.6 Å². The van der Waals surface area contributed by atoms with Gasteiger partial charge in [-0.2, -0.15) is 14.9 Å². The standard InChI is InChI=1S/C14H11N5OS/c20-12-6-2-1-4-10(12)9-16-19-13(17-18-14(19)21)11-5-3-7-15-8-11/h1-9,20H,(H,18,21)/b16-9+. The topological polar surface area (TPSA) is 79.1 Å². The molecule has 7 heteroatoms. The van der Waals surface area contributed by atoms with Gasteiger partial charge in [0.05, 0.1) is 6.21 Å². The molecule has 104 valence electrons. The Morgan fingerprint density at radius 3 is 2.86 bits per heavy atom. The predicted molar refractivity (Wildman–Crippen MR) is 81.7 cm³/mol. The molecular weight excluding hydrogens is 286 g/mol. The molecule has 3 aromatic rings. The average Bonchev–Trinajstić information content (AvgIpc) is 2.88. The molecule has 0 unspecified atom stereocenters. The zero-order valence-electron chi connectivity index (χ0n) is 10.8. The van der Waals surface area contributed by atoms with E-state index in [0.717, 1.165) is 5.56 Å². The van der Waals surface area contributed by atoms with Gasteiger partial charge in [0.25, 0.3) is 0 Å². The van der Waals surface area contributed by atoms with Crippen molar-refractivity contribution in [3.05, 3.63) is 59.1 Å². The van der Waals surface area contributed by atoms with Crippen molar-refractivity contribution in [2.24, 2.45) is 5.10 Å². The Labute approximate surface area is 125 Å². The smallest absolute Gasteiger partial charge is 0.216 e. The molecule has 1 aromatic carbocycles. The van der Waals surface area contributed by atoms with Crippen LogP contribution in [0.25, 0.3) is 11.4 Å². The van der Waals surface area contributed by atoms with Crippen LogP contribution in [0.3, 0.4) is 0 Å². The van der Waals surface area contributed by atoms with Crippen LogP contribution in [0.15, 0.2) is 53.9 Å². The molecule has 0 fully saturated rings. The summed E-state index contributed by atoms with van der Waals surface area (Å²) in [4.78, 5) is 4.05. The Bertz CT molecular complexity index is 838. The highest BCUT2D eigenvalue weighted by Crippen LogP contribution is 2.16. The molecule has 21 heavy (non-hydrogen) atoms. The van der Waals surface area contributed by atoms with E-state index < -0.39 is 0 Å². The summed E-state index contributed by atoms with van der Waals surface area (Å²) in [6, 6.07) is 10.6. The molecule has 0 amide bonds. The molecule has 0 radical (unpaired) electrons. The Kier molecular flexibility index (Phi) is 3.57. The number of aromatic amines is 1. The third kappa shape index (κ3) is 2.72. The first-order chi connectivity index (χ1) is 10.3. The lowest BCUT2D eigenvalue weighted by Crippen LogP contribution is -1.95. The van der Waals surface area contributed by atoms with Gasteiger partial charge in [0, 0.05) is 23.5 Å². The molecule has 0 saturated carbocycles. The molecule has 0 aliphatic rings. The van der Waals surface area contributed by atoms with Gasteiger partial charge in [0.1, 0.15) is 5.75 Å². The van der Waals surface area contributed by atoms with Crippen molar-refractivity contribution in [2.75, 3.05) is 0 Å². The van der Waals surface area contributed by atoms with Crippen LogP contribution in [0, 0.1) is 4.77 Å². The highest BCUT2D eigenvalue weighted by molar-refractivity contribution is 7.71. The van der Waals surface area contributed by atoms with Crippen LogP contribution in [0.5, 0.6) is 5.75 Å². The van der Waals surface area contributed by atoms with Gasteiger partial charge >= 0.3 is 0 Å². The molecule has 0 saturated heterocycles. The number of para-hydroxylation sites is 1. The van der Waals surface area contributed by atoms with Crippen LogP contribution in [-0.2, 0) is 0 Å². The van der Waals surface area contributed by atoms with Crippen molar-refractivity contribution in [1.29, 1.82) is 0 Å². The predicted octanol–water partition coefficient (Wildman–Crippen LogP) is 2.59. The van der Waals surface area contributed by atoms with Gasteiger partial charge in [-0.15, -0.1) is 0 Å². The van der Waals surface area contributed by atoms with E-state index in [1.807, 2.05) is 18.2 Å². The van der Waals surface area contributed by atoms with Gasteiger partial charge in [-0.3, -0.25) is 4.98 Å². The van der Waals surface area contributed by atoms with Crippen molar-refractivity contribution in [2.45, 2.75) is 0 Å². The minimum atomic E-state index is 0.152. The number of H-pyrrole nitrogens is 1. The maximum atomic E-state index is 9.73. The number of aromatic nitrogens is 4. The zero-order valence-corrected chi connectivity index (χ0v) is 11.7. The van der Waals surface area contributed by atoms with Crippen molar-refractivity contribution < 1.29 is 5.11 Å². The van der Waals surface area contributed by atoms with Gasteiger partial charge in [-0.25, -0.2) is 5.10 Å². The first kappa shape index (κ1) is 13.2. The molecule has 0 aliphatic heterocycles. The van der Waals surface area contributed by atoms with Crippen LogP contribution in [0.4, 0.5) is 0 Å². The van der Waals surface area contributed by atoms with E-state index in [0.29, 0.717) is 16.2 Å². The lowest BCUT2D eigenvalue weighted by molar-refractivity contribution is 0.474. The Balaban J connectivity index is 2.02. The monoisotopic (exact) mass is 297 g/mol. The fourth-order valence-corrected chi connectivity index (χ4v) is 1.98. The molecule has 2 aromatic heterocycles. The van der Waals surface area contributed by atoms with Crippen LogP contribution in [-0.4, -0.2) is 31.2 Å². The zero-order chi connectivity index (χ0) is 14.7. The molecule has 6 nitrogen and oxygen atoms in total. The minimum Gasteiger partial charge on any atom is -0.507 e. The number of nitrogens with zero attached hydrogens (tertiary/aromatic N) is 4. The van der Waals surface area contributed by atoms with Gasteiger partial charge in [0.15, 0.2) is 5.82 Å². The van der Waals surface area contributed by atoms with E-state index in [-0.39, 0.29) is 5.75 Å². The molecule has 0 bridgehead atoms. The fourth-order valence-electron chi connectivity index (χ4n) is 1.80. The summed E-state index contributed by atoms with van der Waals surface area (Å²) in [6.07, 6.45) is 4.89. The largest absolute Gasteiger partial charge is 0.507 e. The Morgan fingerprint density at radius 2 is 2.10 bits per heavy atom. The number of hydrogen-bond donors (Lipinski definition) is 2. The van der Waals surface area contributed by atoms with E-state index in [1.165, 1.54) is 10.9 Å². The van der Waals surface area contributed by atoms with E-state index in [9.17, 15) is 5.11 Å². The van der Waals surface area contributed by atoms with Crippen LogP contribution >= 0.6 is 12.2 Å². The van der Waals surface area contributed by atoms with Crippen LogP contribution < -0.4 is 0 Å². The third-order valence-corrected chi connectivity index (χ3v) is 3.08. The maximum Gasteiger partial charge on any atom is 0.216 e. The first-order valence-corrected chi connectivity index (χ1v) is 6.57. The van der Waals surface area contributed by atoms with Gasteiger partial charge in [0.2, 0.25) is 4.77 Å². The van der Waals surface area contributed by atoms with E-state index in [4.69, 9.17) is 12.2 Å². The third-order valence-electron chi connectivity index (χ3n) is 2.82. The van der Waals surface area contributed by atoms with Crippen molar-refractivity contribution in [3.8, 4) is 17.1 Å². The average molecular weight is 297 g/mol. The summed E-state index contributed by atoms with van der Waals surface area (Å²) in [6.45, 7) is 0. The summed E-state index contributed by atoms with van der Waals surface area (Å²) in [5.41, 5.74) is 1.39. The summed E-state index contributed by atoms with van der Waals surface area (Å²) in [5, 5.41) is 20.9. The number of hydrogen-bond acceptors (Lipinski definition) is 5. The second kappa shape index (κ2) is 5.68. The highest BCUT2D eigenvalue weighted by Gasteiger charge is 2.07. The van der Waals surface area contributed by atoms with E-state index >= 15 is 0 Å². The number of benzene rings is 1. The van der Waals surface area contributed by atoms with Crippen LogP contribution in [0.1, 0.15) is 5.56 Å². The number of phenolic OH excluding ortho intramolecular Hbond substituents is 1. The number of aromatic hydroxyl groups is 1. The molecule has 2 heterocycles. The molecular formula is C14H11N5OS. The minimum absolute atomic E-state index is 0.152. The van der Waals surface area contributed by atoms with E-state index in [2.05, 4.69) is 20.3 Å². The molecule has 0 aliphatic carbocycles. The lowest BCUT2D eigenvalue weighted by Gasteiger charge is -2.00. The normalized spacial score (nSPS) is 11.0. The fraction of sp³-hybridized carbons (Fsp3) is 0. The van der Waals surface area contributed by atoms with Gasteiger partial charge in [-0.05, 0) is 36.5 Å². The number of phenols is 1. The number of pyridine rings is 1. The second-order valence-electron chi connectivity index (χ2n) is 4.21. The molecule has 2 N–H and O–H groups in total. The summed E-state index contributed by atoms with van der Waals surface area (Å²) in [5.74, 6) is 0.707. The second-order valence-corrected chi connectivity index (χ2v) is 4.60. The van der Waals surface area contributed by atoms with Crippen molar-refractivity contribution >= 4 is 18.4 Å². The van der Waals surface area contributed by atoms with Crippen molar-refractivity contribution in [1.82, 2.24) is 19.9 Å². The summed E-state index contributed by atoms with van der Waals surface area (Å²) >= 11 is 5.17. The Morgan fingerprint density at radius 1 is 1.24 bits per heavy atom. The summed E-state index contributed by atoms with van der Waals surface area (Å²) < 4.78 is 1.85. The number of nitrogens with one attached hydrogen (secondary N) is 1. The van der Waals surface area contributed by atoms with Crippen molar-refractivity contribution in [3.63, 3.8) is 0 Å². The first-order valence-electron chi connectivity index (χ1n) is 6.16. The Hall–Kier alpha value is -2.80. The van der Waals surface area contributed by atoms with Gasteiger partial charge < -0.3 is 5.11 Å². The maximum absolute atomic E-state index is 9.73.